The van der Waals surface area contributed by atoms with E-state index in [0.717, 1.165) is 33.3 Å². The Hall–Kier alpha value is -4.19. The molecule has 3 heterocycles. The number of rotatable bonds is 6. The maximum Gasteiger partial charge on any atom is 0.426 e. The van der Waals surface area contributed by atoms with Crippen molar-refractivity contribution in [3.8, 4) is 11.6 Å². The van der Waals surface area contributed by atoms with E-state index < -0.39 is 30.7 Å². The van der Waals surface area contributed by atoms with Gasteiger partial charge in [-0.25, -0.2) is 9.67 Å². The molecule has 1 aliphatic rings. The zero-order valence-corrected chi connectivity index (χ0v) is 22.1. The number of halogens is 3. The Labute approximate surface area is 227 Å². The standard InChI is InChI=1S/C28H28F3N5O4/c1-15-4-5-17(20(11-26(38)39)19-6-7-22-27(16(19)2)33-34-35(22)3)10-18(15)12-36-13-21-23(8-9-25(37)32-21)40-24(14-36)28(29,30)31/h4-10,20,24H,11-14H2,1-3H3,(H,32,37)(H,38,39)/t20?,24-/m1/s1. The molecule has 0 amide bonds. The lowest BCUT2D eigenvalue weighted by atomic mass is 9.84. The van der Waals surface area contributed by atoms with Gasteiger partial charge in [-0.15, -0.1) is 5.10 Å². The van der Waals surface area contributed by atoms with E-state index in [1.54, 1.807) is 16.6 Å². The fourth-order valence-electron chi connectivity index (χ4n) is 5.22. The van der Waals surface area contributed by atoms with Gasteiger partial charge in [-0.2, -0.15) is 13.2 Å². The normalized spacial score (nSPS) is 16.8. The number of aromatic hydroxyl groups is 1. The Bertz CT molecular complexity index is 1590. The summed E-state index contributed by atoms with van der Waals surface area (Å²) < 4.78 is 48.4. The Morgan fingerprint density at radius 2 is 1.95 bits per heavy atom. The highest BCUT2D eigenvalue weighted by Crippen LogP contribution is 2.36. The lowest BCUT2D eigenvalue weighted by molar-refractivity contribution is -0.198. The number of ether oxygens (including phenoxy) is 1. The van der Waals surface area contributed by atoms with E-state index in [4.69, 9.17) is 4.74 Å². The first-order valence-electron chi connectivity index (χ1n) is 12.7. The van der Waals surface area contributed by atoms with Gasteiger partial charge in [0.2, 0.25) is 12.0 Å². The van der Waals surface area contributed by atoms with Crippen LogP contribution in [-0.4, -0.2) is 59.9 Å². The highest BCUT2D eigenvalue weighted by Gasteiger charge is 2.44. The minimum absolute atomic E-state index is 0.0236. The Kier molecular flexibility index (Phi) is 7.13. The van der Waals surface area contributed by atoms with Crippen LogP contribution in [0.1, 0.15) is 45.8 Å². The number of fused-ring (bicyclic) bond motifs is 2. The van der Waals surface area contributed by atoms with Crippen LogP contribution in [0.3, 0.4) is 0 Å². The van der Waals surface area contributed by atoms with E-state index in [1.165, 1.54) is 12.1 Å². The molecule has 1 aliphatic heterocycles. The maximum absolute atomic E-state index is 13.8. The number of hydrogen-bond acceptors (Lipinski definition) is 7. The molecule has 0 fully saturated rings. The smallest absolute Gasteiger partial charge is 0.426 e. The second kappa shape index (κ2) is 10.4. The second-order valence-corrected chi connectivity index (χ2v) is 10.1. The average molecular weight is 556 g/mol. The van der Waals surface area contributed by atoms with Crippen LogP contribution in [0.2, 0.25) is 0 Å². The third-order valence-electron chi connectivity index (χ3n) is 7.35. The summed E-state index contributed by atoms with van der Waals surface area (Å²) in [6.07, 6.45) is -6.87. The number of carbonyl (C=O) groups is 1. The molecule has 0 saturated carbocycles. The van der Waals surface area contributed by atoms with Crippen molar-refractivity contribution in [2.24, 2.45) is 7.05 Å². The van der Waals surface area contributed by atoms with Crippen molar-refractivity contribution in [3.63, 3.8) is 0 Å². The topological polar surface area (TPSA) is 114 Å². The van der Waals surface area contributed by atoms with E-state index in [0.29, 0.717) is 5.52 Å². The van der Waals surface area contributed by atoms with Crippen molar-refractivity contribution >= 4 is 17.0 Å². The van der Waals surface area contributed by atoms with Gasteiger partial charge in [0.15, 0.2) is 0 Å². The van der Waals surface area contributed by atoms with Crippen molar-refractivity contribution in [2.75, 3.05) is 6.54 Å². The van der Waals surface area contributed by atoms with E-state index in [2.05, 4.69) is 15.3 Å². The van der Waals surface area contributed by atoms with Crippen LogP contribution >= 0.6 is 0 Å². The highest BCUT2D eigenvalue weighted by molar-refractivity contribution is 5.80. The predicted octanol–water partition coefficient (Wildman–Crippen LogP) is 4.62. The molecule has 12 heteroatoms. The van der Waals surface area contributed by atoms with Gasteiger partial charge in [0.05, 0.1) is 11.9 Å². The number of alkyl halides is 3. The van der Waals surface area contributed by atoms with Crippen molar-refractivity contribution in [1.29, 1.82) is 0 Å². The number of aromatic nitrogens is 4. The number of aliphatic carboxylic acids is 1. The van der Waals surface area contributed by atoms with Gasteiger partial charge in [0.1, 0.15) is 17.0 Å². The molecule has 0 radical (unpaired) electrons. The molecule has 1 unspecified atom stereocenters. The van der Waals surface area contributed by atoms with Gasteiger partial charge in [0.25, 0.3) is 0 Å². The van der Waals surface area contributed by atoms with Crippen molar-refractivity contribution < 1.29 is 32.9 Å². The molecule has 2 aromatic carbocycles. The van der Waals surface area contributed by atoms with Gasteiger partial charge >= 0.3 is 12.1 Å². The molecule has 2 aromatic heterocycles. The largest absolute Gasteiger partial charge is 0.493 e. The predicted molar refractivity (Wildman–Crippen MR) is 139 cm³/mol. The number of pyridine rings is 1. The summed E-state index contributed by atoms with van der Waals surface area (Å²) in [5, 5.41) is 27.9. The highest BCUT2D eigenvalue weighted by atomic mass is 19.4. The molecule has 5 rings (SSSR count). The van der Waals surface area contributed by atoms with Crippen LogP contribution in [0.5, 0.6) is 11.6 Å². The fourth-order valence-corrected chi connectivity index (χ4v) is 5.22. The molecule has 40 heavy (non-hydrogen) atoms. The van der Waals surface area contributed by atoms with Gasteiger partial charge in [-0.05, 0) is 53.8 Å². The Morgan fingerprint density at radius 3 is 2.67 bits per heavy atom. The van der Waals surface area contributed by atoms with Crippen LogP contribution < -0.4 is 4.74 Å². The molecular weight excluding hydrogens is 527 g/mol. The SMILES string of the molecule is Cc1ccc(C(CC(=O)O)c2ccc3c(nnn3C)c2C)cc1CN1Cc2nc(O)ccc2O[C@@H](C(F)(F)F)C1. The molecule has 2 N–H and O–H groups in total. The summed E-state index contributed by atoms with van der Waals surface area (Å²) in [5.41, 5.74) is 5.63. The van der Waals surface area contributed by atoms with Crippen LogP contribution in [0, 0.1) is 13.8 Å². The Morgan fingerprint density at radius 1 is 1.18 bits per heavy atom. The summed E-state index contributed by atoms with van der Waals surface area (Å²) in [4.78, 5) is 17.5. The van der Waals surface area contributed by atoms with E-state index >= 15 is 0 Å². The second-order valence-electron chi connectivity index (χ2n) is 10.1. The average Bonchev–Trinajstić information content (AvgIpc) is 3.15. The molecule has 9 nitrogen and oxygen atoms in total. The summed E-state index contributed by atoms with van der Waals surface area (Å²) in [7, 11) is 1.78. The third kappa shape index (κ3) is 5.44. The van der Waals surface area contributed by atoms with Crippen molar-refractivity contribution in [2.45, 2.75) is 51.6 Å². The molecule has 0 saturated heterocycles. The van der Waals surface area contributed by atoms with Gasteiger partial charge in [-0.1, -0.05) is 29.5 Å². The zero-order chi connectivity index (χ0) is 28.8. The van der Waals surface area contributed by atoms with Gasteiger partial charge in [0, 0.05) is 38.7 Å². The number of carboxylic acid groups (broad SMARTS) is 1. The molecule has 0 bridgehead atoms. The molecule has 4 aromatic rings. The van der Waals surface area contributed by atoms with Gasteiger partial charge in [-0.3, -0.25) is 9.69 Å². The minimum atomic E-state index is -4.61. The Balaban J connectivity index is 1.51. The minimum Gasteiger partial charge on any atom is -0.493 e. The van der Waals surface area contributed by atoms with Gasteiger partial charge < -0.3 is 14.9 Å². The molecule has 2 atom stereocenters. The van der Waals surface area contributed by atoms with Crippen LogP contribution in [-0.2, 0) is 24.9 Å². The summed E-state index contributed by atoms with van der Waals surface area (Å²) in [6, 6.07) is 11.8. The van der Waals surface area contributed by atoms with Crippen molar-refractivity contribution in [1.82, 2.24) is 24.9 Å². The zero-order valence-electron chi connectivity index (χ0n) is 22.1. The quantitative estimate of drug-likeness (QED) is 0.355. The first-order valence-corrected chi connectivity index (χ1v) is 12.7. The maximum atomic E-state index is 13.8. The number of carboxylic acids is 1. The summed E-state index contributed by atoms with van der Waals surface area (Å²) >= 11 is 0. The van der Waals surface area contributed by atoms with Crippen LogP contribution in [0.25, 0.3) is 11.0 Å². The lowest BCUT2D eigenvalue weighted by Gasteiger charge is -2.26. The number of aryl methyl sites for hydroxylation is 3. The first kappa shape index (κ1) is 27.4. The lowest BCUT2D eigenvalue weighted by Crippen LogP contribution is -2.42. The molecule has 0 spiro atoms. The summed E-state index contributed by atoms with van der Waals surface area (Å²) in [6.45, 7) is 3.46. The molecular formula is C28H28F3N5O4. The molecule has 210 valence electrons. The first-order chi connectivity index (χ1) is 18.9. The van der Waals surface area contributed by atoms with E-state index in [1.807, 2.05) is 44.2 Å². The van der Waals surface area contributed by atoms with E-state index in [-0.39, 0.29) is 36.8 Å². The number of benzene rings is 2. The van der Waals surface area contributed by atoms with Crippen LogP contribution in [0.4, 0.5) is 13.2 Å². The van der Waals surface area contributed by atoms with E-state index in [9.17, 15) is 28.2 Å². The number of nitrogens with zero attached hydrogens (tertiary/aromatic N) is 5. The monoisotopic (exact) mass is 555 g/mol. The van der Waals surface area contributed by atoms with Crippen LogP contribution in [0.15, 0.2) is 42.5 Å². The fraction of sp³-hybridized carbons (Fsp3) is 0.357. The van der Waals surface area contributed by atoms with Crippen molar-refractivity contribution in [3.05, 3.63) is 76.0 Å². The summed E-state index contributed by atoms with van der Waals surface area (Å²) in [5.74, 6) is -1.83. The number of hydrogen-bond donors (Lipinski definition) is 2. The molecule has 0 aliphatic carbocycles. The third-order valence-corrected chi connectivity index (χ3v) is 7.35.